The monoisotopic (exact) mass is 513 g/mol. The maximum Gasteiger partial charge on any atom is 0.252 e. The number of aromatic nitrogens is 6. The molecule has 5 aromatic rings. The van der Waals surface area contributed by atoms with E-state index < -0.39 is 0 Å². The van der Waals surface area contributed by atoms with Crippen LogP contribution in [0.4, 0.5) is 0 Å². The summed E-state index contributed by atoms with van der Waals surface area (Å²) in [5.41, 5.74) is 2.20. The van der Waals surface area contributed by atoms with Gasteiger partial charge in [-0.1, -0.05) is 13.0 Å². The van der Waals surface area contributed by atoms with E-state index in [0.717, 1.165) is 23.1 Å². The molecule has 0 radical (unpaired) electrons. The van der Waals surface area contributed by atoms with E-state index >= 15 is 0 Å². The molecule has 0 bridgehead atoms. The quantitative estimate of drug-likeness (QED) is 0.315. The highest BCUT2D eigenvalue weighted by molar-refractivity contribution is 5.83. The Kier molecular flexibility index (Phi) is 6.57. The Hall–Kier alpha value is -4.51. The molecule has 11 nitrogen and oxygen atoms in total. The Morgan fingerprint density at radius 2 is 1.97 bits per heavy atom. The highest BCUT2D eigenvalue weighted by atomic mass is 16.6. The molecule has 1 N–H and O–H groups in total. The first-order valence-electron chi connectivity index (χ1n) is 12.5. The number of pyridine rings is 2. The second-order valence-electron chi connectivity index (χ2n) is 9.17. The lowest BCUT2D eigenvalue weighted by Gasteiger charge is -2.30. The topological polar surface area (TPSA) is 124 Å². The first-order valence-corrected chi connectivity index (χ1v) is 12.5. The number of tetrazole rings is 1. The smallest absolute Gasteiger partial charge is 0.252 e. The Morgan fingerprint density at radius 1 is 1.11 bits per heavy atom. The van der Waals surface area contributed by atoms with Gasteiger partial charge in [-0.3, -0.25) is 14.7 Å². The molecule has 1 aromatic carbocycles. The van der Waals surface area contributed by atoms with Gasteiger partial charge in [-0.05, 0) is 52.7 Å². The third-order valence-electron chi connectivity index (χ3n) is 6.64. The van der Waals surface area contributed by atoms with E-state index in [1.807, 2.05) is 48.7 Å². The van der Waals surface area contributed by atoms with Crippen LogP contribution < -0.4 is 15.0 Å². The Balaban J connectivity index is 1.36. The van der Waals surface area contributed by atoms with Crippen molar-refractivity contribution in [3.63, 3.8) is 0 Å². The van der Waals surface area contributed by atoms with E-state index in [1.54, 1.807) is 17.1 Å². The van der Waals surface area contributed by atoms with Crippen LogP contribution >= 0.6 is 0 Å². The van der Waals surface area contributed by atoms with Crippen molar-refractivity contribution in [2.24, 2.45) is 0 Å². The number of hydrogen-bond donors (Lipinski definition) is 1. The molecule has 38 heavy (non-hydrogen) atoms. The van der Waals surface area contributed by atoms with Gasteiger partial charge in [0.25, 0.3) is 5.56 Å². The Morgan fingerprint density at radius 3 is 2.74 bits per heavy atom. The standard InChI is InChI=1S/C27H27N7O4/c1-2-23(26-30-31-32-34(26)17-21-6-4-8-36-21)33(15-18-5-3-7-28-14-18)16-20-11-19-12-24-25(38-10-9-37-24)13-22(19)29-27(20)35/h3-8,11-14,23H,2,9-10,15-17H2,1H3,(H,29,35). The summed E-state index contributed by atoms with van der Waals surface area (Å²) in [7, 11) is 0. The Bertz CT molecular complexity index is 1580. The van der Waals surface area contributed by atoms with Crippen molar-refractivity contribution in [1.29, 1.82) is 0 Å². The minimum atomic E-state index is -0.171. The molecular weight excluding hydrogens is 486 g/mol. The molecule has 11 heteroatoms. The van der Waals surface area contributed by atoms with Crippen LogP contribution in [0.5, 0.6) is 11.5 Å². The molecular formula is C27H27N7O4. The second kappa shape index (κ2) is 10.5. The van der Waals surface area contributed by atoms with Crippen molar-refractivity contribution in [3.05, 3.63) is 94.2 Å². The number of furan rings is 1. The lowest BCUT2D eigenvalue weighted by molar-refractivity contribution is 0.160. The molecule has 4 aromatic heterocycles. The SMILES string of the molecule is CCC(c1nnnn1Cc1ccco1)N(Cc1cccnc1)Cc1cc2cc3c(cc2[nH]c1=O)OCCO3. The highest BCUT2D eigenvalue weighted by Crippen LogP contribution is 2.34. The minimum absolute atomic E-state index is 0.157. The molecule has 0 saturated heterocycles. The van der Waals surface area contributed by atoms with Crippen molar-refractivity contribution in [2.45, 2.75) is 39.0 Å². The van der Waals surface area contributed by atoms with Crippen LogP contribution in [0.25, 0.3) is 10.9 Å². The zero-order valence-electron chi connectivity index (χ0n) is 20.9. The van der Waals surface area contributed by atoms with E-state index in [9.17, 15) is 4.79 Å². The molecule has 5 heterocycles. The molecule has 0 saturated carbocycles. The zero-order chi connectivity index (χ0) is 25.9. The van der Waals surface area contributed by atoms with Crippen LogP contribution in [0.2, 0.25) is 0 Å². The molecule has 0 fully saturated rings. The summed E-state index contributed by atoms with van der Waals surface area (Å²) in [5.74, 6) is 2.77. The van der Waals surface area contributed by atoms with Gasteiger partial charge in [0.1, 0.15) is 25.5 Å². The number of rotatable bonds is 9. The largest absolute Gasteiger partial charge is 0.486 e. The summed E-state index contributed by atoms with van der Waals surface area (Å²) in [5, 5.41) is 13.4. The van der Waals surface area contributed by atoms with Crippen LogP contribution in [0, 0.1) is 0 Å². The second-order valence-corrected chi connectivity index (χ2v) is 9.17. The maximum atomic E-state index is 13.2. The molecule has 1 atom stereocenters. The number of fused-ring (bicyclic) bond motifs is 2. The van der Waals surface area contributed by atoms with E-state index in [4.69, 9.17) is 13.9 Å². The van der Waals surface area contributed by atoms with Gasteiger partial charge in [0.05, 0.1) is 17.8 Å². The number of hydrogen-bond acceptors (Lipinski definition) is 9. The third kappa shape index (κ3) is 4.88. The van der Waals surface area contributed by atoms with E-state index in [1.165, 1.54) is 0 Å². The van der Waals surface area contributed by atoms with Gasteiger partial charge in [0.15, 0.2) is 17.3 Å². The lowest BCUT2D eigenvalue weighted by Crippen LogP contribution is -2.32. The first kappa shape index (κ1) is 23.9. The summed E-state index contributed by atoms with van der Waals surface area (Å²) in [6.45, 7) is 4.41. The maximum absolute atomic E-state index is 13.2. The highest BCUT2D eigenvalue weighted by Gasteiger charge is 2.27. The molecule has 194 valence electrons. The van der Waals surface area contributed by atoms with Gasteiger partial charge < -0.3 is 18.9 Å². The fourth-order valence-corrected chi connectivity index (χ4v) is 4.84. The fraction of sp³-hybridized carbons (Fsp3) is 0.296. The lowest BCUT2D eigenvalue weighted by atomic mass is 10.1. The van der Waals surface area contributed by atoms with Crippen LogP contribution in [0.3, 0.4) is 0 Å². The minimum Gasteiger partial charge on any atom is -0.486 e. The molecule has 1 unspecified atom stereocenters. The van der Waals surface area contributed by atoms with Crippen LogP contribution in [-0.2, 0) is 19.6 Å². The van der Waals surface area contributed by atoms with E-state index in [2.05, 4.69) is 37.3 Å². The van der Waals surface area contributed by atoms with Crippen molar-refractivity contribution in [2.75, 3.05) is 13.2 Å². The van der Waals surface area contributed by atoms with Crippen molar-refractivity contribution < 1.29 is 13.9 Å². The number of ether oxygens (including phenoxy) is 2. The number of aromatic amines is 1. The summed E-state index contributed by atoms with van der Waals surface area (Å²) in [6, 6.07) is 13.1. The normalized spacial score (nSPS) is 13.7. The van der Waals surface area contributed by atoms with Gasteiger partial charge in [0, 0.05) is 42.5 Å². The molecule has 6 rings (SSSR count). The zero-order valence-corrected chi connectivity index (χ0v) is 20.9. The average molecular weight is 514 g/mol. The van der Waals surface area contributed by atoms with Gasteiger partial charge >= 0.3 is 0 Å². The number of nitrogens with one attached hydrogen (secondary N) is 1. The average Bonchev–Trinajstić information content (AvgIpc) is 3.62. The number of H-pyrrole nitrogens is 1. The molecule has 1 aliphatic rings. The fourth-order valence-electron chi connectivity index (χ4n) is 4.84. The predicted molar refractivity (Wildman–Crippen MR) is 138 cm³/mol. The molecule has 0 spiro atoms. The molecule has 0 aliphatic carbocycles. The predicted octanol–water partition coefficient (Wildman–Crippen LogP) is 3.48. The summed E-state index contributed by atoms with van der Waals surface area (Å²) < 4.78 is 18.7. The van der Waals surface area contributed by atoms with Crippen LogP contribution in [0.1, 0.15) is 42.1 Å². The van der Waals surface area contributed by atoms with Crippen molar-refractivity contribution in [3.8, 4) is 11.5 Å². The van der Waals surface area contributed by atoms with Gasteiger partial charge in [-0.15, -0.1) is 5.10 Å². The summed E-state index contributed by atoms with van der Waals surface area (Å²) >= 11 is 0. The van der Waals surface area contributed by atoms with E-state index in [0.29, 0.717) is 61.3 Å². The molecule has 1 aliphatic heterocycles. The number of nitrogens with zero attached hydrogens (tertiary/aromatic N) is 6. The van der Waals surface area contributed by atoms with Gasteiger partial charge in [0.2, 0.25) is 0 Å². The van der Waals surface area contributed by atoms with E-state index in [-0.39, 0.29) is 11.6 Å². The van der Waals surface area contributed by atoms with Crippen LogP contribution in [-0.4, -0.2) is 48.3 Å². The van der Waals surface area contributed by atoms with Crippen molar-refractivity contribution in [1.82, 2.24) is 35.1 Å². The third-order valence-corrected chi connectivity index (χ3v) is 6.64. The van der Waals surface area contributed by atoms with Gasteiger partial charge in [-0.25, -0.2) is 4.68 Å². The summed E-state index contributed by atoms with van der Waals surface area (Å²) in [4.78, 5) is 22.7. The van der Waals surface area contributed by atoms with Crippen LogP contribution in [0.15, 0.2) is 70.3 Å². The molecule has 0 amide bonds. The first-order chi connectivity index (χ1) is 18.7. The summed E-state index contributed by atoms with van der Waals surface area (Å²) in [6.07, 6.45) is 5.93. The number of benzene rings is 1. The Labute approximate surface area is 218 Å². The van der Waals surface area contributed by atoms with Crippen molar-refractivity contribution >= 4 is 10.9 Å². The van der Waals surface area contributed by atoms with Gasteiger partial charge in [-0.2, -0.15) is 0 Å².